The first-order valence-corrected chi connectivity index (χ1v) is 6.84. The molecular weight excluding hydrogens is 266 g/mol. The molecule has 0 aliphatic heterocycles. The minimum Gasteiger partial charge on any atom is -0.482 e. The van der Waals surface area contributed by atoms with E-state index in [0.29, 0.717) is 0 Å². The highest BCUT2D eigenvalue weighted by atomic mass is 32.1. The number of carboxylic acid groups (broad SMARTS) is 1. The van der Waals surface area contributed by atoms with E-state index in [4.69, 9.17) is 9.84 Å². The molecule has 0 bridgehead atoms. The molecule has 0 atom stereocenters. The van der Waals surface area contributed by atoms with Crippen LogP contribution in [0.15, 0.2) is 6.07 Å². The van der Waals surface area contributed by atoms with E-state index in [-0.39, 0.29) is 28.7 Å². The maximum Gasteiger partial charge on any atom is 0.349 e. The number of aromatic carboxylic acids is 1. The Morgan fingerprint density at radius 1 is 1.42 bits per heavy atom. The minimum absolute atomic E-state index is 0.139. The van der Waals surface area contributed by atoms with Crippen LogP contribution in [0.4, 0.5) is 0 Å². The summed E-state index contributed by atoms with van der Waals surface area (Å²) in [5.41, 5.74) is -0.334. The van der Waals surface area contributed by atoms with E-state index in [0.717, 1.165) is 11.3 Å². The molecule has 2 N–H and O–H groups in total. The molecule has 0 saturated carbocycles. The third-order valence-electron chi connectivity index (χ3n) is 2.16. The number of carbonyl (C=O) groups excluding carboxylic acids is 1. The summed E-state index contributed by atoms with van der Waals surface area (Å²) in [5.74, 6) is -1.04. The van der Waals surface area contributed by atoms with Crippen LogP contribution < -0.4 is 10.1 Å². The summed E-state index contributed by atoms with van der Waals surface area (Å²) in [5, 5.41) is 11.8. The molecule has 0 fully saturated rings. The lowest BCUT2D eigenvalue weighted by atomic mass is 10.1. The molecular formula is C13H19NO4S. The monoisotopic (exact) mass is 285 g/mol. The molecule has 1 heterocycles. The zero-order chi connectivity index (χ0) is 14.6. The van der Waals surface area contributed by atoms with Crippen molar-refractivity contribution in [3.8, 4) is 5.75 Å². The molecule has 1 aromatic heterocycles. The van der Waals surface area contributed by atoms with Crippen LogP contribution >= 0.6 is 11.3 Å². The van der Waals surface area contributed by atoms with Gasteiger partial charge in [-0.05, 0) is 33.3 Å². The Labute approximate surface area is 116 Å². The number of hydrogen-bond acceptors (Lipinski definition) is 4. The fourth-order valence-corrected chi connectivity index (χ4v) is 2.33. The van der Waals surface area contributed by atoms with E-state index in [9.17, 15) is 9.59 Å². The molecule has 0 aliphatic rings. The third-order valence-corrected chi connectivity index (χ3v) is 3.41. The first kappa shape index (κ1) is 15.5. The van der Waals surface area contributed by atoms with Gasteiger partial charge in [0.2, 0.25) is 0 Å². The molecule has 1 rings (SSSR count). The van der Waals surface area contributed by atoms with Crippen LogP contribution in [0.1, 0.15) is 42.2 Å². The van der Waals surface area contributed by atoms with Crippen molar-refractivity contribution >= 4 is 23.2 Å². The fourth-order valence-electron chi connectivity index (χ4n) is 1.45. The van der Waals surface area contributed by atoms with E-state index >= 15 is 0 Å². The summed E-state index contributed by atoms with van der Waals surface area (Å²) in [6.45, 7) is 7.36. The quantitative estimate of drug-likeness (QED) is 0.870. The van der Waals surface area contributed by atoms with Crippen molar-refractivity contribution in [2.24, 2.45) is 0 Å². The van der Waals surface area contributed by atoms with Gasteiger partial charge in [-0.1, -0.05) is 6.92 Å². The first-order chi connectivity index (χ1) is 8.73. The summed E-state index contributed by atoms with van der Waals surface area (Å²) in [7, 11) is 0. The lowest BCUT2D eigenvalue weighted by molar-refractivity contribution is -0.124. The van der Waals surface area contributed by atoms with Gasteiger partial charge in [0.1, 0.15) is 5.75 Å². The molecule has 6 heteroatoms. The third kappa shape index (κ3) is 4.90. The maximum absolute atomic E-state index is 11.6. The maximum atomic E-state index is 11.6. The summed E-state index contributed by atoms with van der Waals surface area (Å²) < 4.78 is 5.31. The molecule has 0 aromatic carbocycles. The van der Waals surface area contributed by atoms with Crippen LogP contribution in [0.3, 0.4) is 0 Å². The Hall–Kier alpha value is -1.56. The molecule has 0 saturated heterocycles. The smallest absolute Gasteiger partial charge is 0.349 e. The lowest BCUT2D eigenvalue weighted by Gasteiger charge is -2.20. The zero-order valence-electron chi connectivity index (χ0n) is 11.6. The Morgan fingerprint density at radius 3 is 2.53 bits per heavy atom. The molecule has 1 aromatic rings. The van der Waals surface area contributed by atoms with Gasteiger partial charge in [-0.25, -0.2) is 4.79 Å². The largest absolute Gasteiger partial charge is 0.482 e. The Balaban J connectivity index is 2.69. The Bertz CT molecular complexity index is 473. The number of hydrogen-bond donors (Lipinski definition) is 2. The van der Waals surface area contributed by atoms with Gasteiger partial charge >= 0.3 is 5.97 Å². The van der Waals surface area contributed by atoms with E-state index in [1.807, 2.05) is 27.7 Å². The summed E-state index contributed by atoms with van der Waals surface area (Å²) >= 11 is 1.18. The lowest BCUT2D eigenvalue weighted by Crippen LogP contribution is -2.43. The number of carboxylic acids is 1. The highest BCUT2D eigenvalue weighted by Gasteiger charge is 2.18. The van der Waals surface area contributed by atoms with Gasteiger partial charge in [0.05, 0.1) is 0 Å². The summed E-state index contributed by atoms with van der Waals surface area (Å²) in [6, 6.07) is 1.68. The number of ether oxygens (including phenoxy) is 1. The van der Waals surface area contributed by atoms with Crippen LogP contribution in [0, 0.1) is 0 Å². The molecule has 0 spiro atoms. The van der Waals surface area contributed by atoms with E-state index < -0.39 is 5.97 Å². The van der Waals surface area contributed by atoms with Gasteiger partial charge in [0.15, 0.2) is 11.5 Å². The fraction of sp³-hybridized carbons (Fsp3) is 0.538. The van der Waals surface area contributed by atoms with Crippen molar-refractivity contribution in [3.63, 3.8) is 0 Å². The number of aryl methyl sites for hydroxylation is 1. The standard InChI is InChI=1S/C13H19NO4S/c1-5-8-6-9(11(19-8)12(16)17)18-7-10(15)14-13(2,3)4/h6H,5,7H2,1-4H3,(H,14,15)(H,16,17). The number of thiophene rings is 1. The van der Waals surface area contributed by atoms with E-state index in [2.05, 4.69) is 5.32 Å². The predicted molar refractivity (Wildman–Crippen MR) is 74.0 cm³/mol. The molecule has 0 radical (unpaired) electrons. The van der Waals surface area contributed by atoms with Crippen LogP contribution in [0.2, 0.25) is 0 Å². The van der Waals surface area contributed by atoms with Crippen molar-refractivity contribution in [2.75, 3.05) is 6.61 Å². The number of carbonyl (C=O) groups is 2. The summed E-state index contributed by atoms with van der Waals surface area (Å²) in [4.78, 5) is 23.7. The second-order valence-corrected chi connectivity index (χ2v) is 6.29. The van der Waals surface area contributed by atoms with Crippen LogP contribution in [0.5, 0.6) is 5.75 Å². The normalized spacial score (nSPS) is 11.2. The average Bonchev–Trinajstić information content (AvgIpc) is 2.67. The molecule has 1 amide bonds. The predicted octanol–water partition coefficient (Wildman–Crippen LogP) is 2.30. The Morgan fingerprint density at radius 2 is 2.05 bits per heavy atom. The first-order valence-electron chi connectivity index (χ1n) is 6.02. The van der Waals surface area contributed by atoms with Gasteiger partial charge in [0, 0.05) is 10.4 Å². The second-order valence-electron chi connectivity index (χ2n) is 5.15. The van der Waals surface area contributed by atoms with Gasteiger partial charge in [-0.2, -0.15) is 0 Å². The van der Waals surface area contributed by atoms with Crippen LogP contribution in [0.25, 0.3) is 0 Å². The molecule has 0 unspecified atom stereocenters. The molecule has 0 aliphatic carbocycles. The number of amides is 1. The molecule has 19 heavy (non-hydrogen) atoms. The van der Waals surface area contributed by atoms with Crippen molar-refractivity contribution in [1.29, 1.82) is 0 Å². The highest BCUT2D eigenvalue weighted by molar-refractivity contribution is 7.14. The topological polar surface area (TPSA) is 75.6 Å². The highest BCUT2D eigenvalue weighted by Crippen LogP contribution is 2.29. The van der Waals surface area contributed by atoms with Gasteiger partial charge in [-0.3, -0.25) is 4.79 Å². The molecule has 106 valence electrons. The van der Waals surface area contributed by atoms with Crippen LogP contribution in [-0.2, 0) is 11.2 Å². The van der Waals surface area contributed by atoms with Crippen molar-refractivity contribution in [2.45, 2.75) is 39.7 Å². The summed E-state index contributed by atoms with van der Waals surface area (Å²) in [6.07, 6.45) is 0.739. The van der Waals surface area contributed by atoms with Gasteiger partial charge < -0.3 is 15.2 Å². The van der Waals surface area contributed by atoms with Crippen molar-refractivity contribution in [1.82, 2.24) is 5.32 Å². The Kier molecular flexibility index (Phi) is 4.94. The van der Waals surface area contributed by atoms with Crippen LogP contribution in [-0.4, -0.2) is 29.1 Å². The van der Waals surface area contributed by atoms with Gasteiger partial charge in [0.25, 0.3) is 5.91 Å². The average molecular weight is 285 g/mol. The number of nitrogens with one attached hydrogen (secondary N) is 1. The van der Waals surface area contributed by atoms with Crippen molar-refractivity contribution < 1.29 is 19.4 Å². The van der Waals surface area contributed by atoms with Gasteiger partial charge in [-0.15, -0.1) is 11.3 Å². The second kappa shape index (κ2) is 6.06. The zero-order valence-corrected chi connectivity index (χ0v) is 12.4. The molecule has 5 nitrogen and oxygen atoms in total. The SMILES string of the molecule is CCc1cc(OCC(=O)NC(C)(C)C)c(C(=O)O)s1. The number of rotatable bonds is 5. The van der Waals surface area contributed by atoms with Crippen molar-refractivity contribution in [3.05, 3.63) is 15.8 Å². The van der Waals surface area contributed by atoms with E-state index in [1.165, 1.54) is 11.3 Å². The minimum atomic E-state index is -1.03. The van der Waals surface area contributed by atoms with E-state index in [1.54, 1.807) is 6.07 Å².